The lowest BCUT2D eigenvalue weighted by Gasteiger charge is -2.05. The number of halogens is 1. The van der Waals surface area contributed by atoms with Gasteiger partial charge < -0.3 is 10.1 Å². The third-order valence-corrected chi connectivity index (χ3v) is 2.06. The predicted octanol–water partition coefficient (Wildman–Crippen LogP) is 2.71. The van der Waals surface area contributed by atoms with Crippen LogP contribution in [0.2, 0.25) is 5.02 Å². The fourth-order valence-corrected chi connectivity index (χ4v) is 1.24. The minimum Gasteiger partial charge on any atom is -0.466 e. The number of ether oxygens (including phenoxy) is 1. The number of carbonyl (C=O) groups is 1. The van der Waals surface area contributed by atoms with Crippen LogP contribution in [-0.2, 0) is 9.53 Å². The highest BCUT2D eigenvalue weighted by Crippen LogP contribution is 2.13. The van der Waals surface area contributed by atoms with Gasteiger partial charge in [0.25, 0.3) is 0 Å². The fourth-order valence-electron chi connectivity index (χ4n) is 1.11. The molecular weight excluding hydrogens is 214 g/mol. The summed E-state index contributed by atoms with van der Waals surface area (Å²) in [5.41, 5.74) is 0.948. The van der Waals surface area contributed by atoms with Crippen molar-refractivity contribution < 1.29 is 9.53 Å². The van der Waals surface area contributed by atoms with Gasteiger partial charge in [-0.25, -0.2) is 0 Å². The number of esters is 1. The van der Waals surface area contributed by atoms with Crippen LogP contribution >= 0.6 is 11.6 Å². The Labute approximate surface area is 94.4 Å². The largest absolute Gasteiger partial charge is 0.466 e. The molecule has 4 heteroatoms. The molecule has 0 aliphatic heterocycles. The van der Waals surface area contributed by atoms with E-state index in [1.807, 2.05) is 12.1 Å². The average Bonchev–Trinajstić information content (AvgIpc) is 2.21. The summed E-state index contributed by atoms with van der Waals surface area (Å²) in [6.45, 7) is 2.80. The first-order valence-corrected chi connectivity index (χ1v) is 5.25. The molecule has 0 fully saturated rings. The molecule has 0 amide bonds. The molecule has 0 aromatic heterocycles. The molecule has 82 valence electrons. The summed E-state index contributed by atoms with van der Waals surface area (Å²) in [6, 6.07) is 7.34. The van der Waals surface area contributed by atoms with Crippen LogP contribution in [-0.4, -0.2) is 19.1 Å². The van der Waals surface area contributed by atoms with E-state index < -0.39 is 0 Å². The molecule has 0 saturated heterocycles. The molecule has 1 aromatic rings. The van der Waals surface area contributed by atoms with E-state index in [2.05, 4.69) is 5.32 Å². The lowest BCUT2D eigenvalue weighted by Crippen LogP contribution is -2.11. The van der Waals surface area contributed by atoms with Crippen molar-refractivity contribution in [2.45, 2.75) is 13.3 Å². The second-order valence-corrected chi connectivity index (χ2v) is 3.43. The molecule has 3 nitrogen and oxygen atoms in total. The van der Waals surface area contributed by atoms with Crippen molar-refractivity contribution in [2.24, 2.45) is 0 Å². The van der Waals surface area contributed by atoms with Gasteiger partial charge in [0.15, 0.2) is 0 Å². The van der Waals surface area contributed by atoms with E-state index in [1.165, 1.54) is 0 Å². The minimum absolute atomic E-state index is 0.182. The minimum atomic E-state index is -0.182. The summed E-state index contributed by atoms with van der Waals surface area (Å²) in [6.07, 6.45) is 0.371. The maximum atomic E-state index is 11.0. The number of nitrogens with one attached hydrogen (secondary N) is 1. The first kappa shape index (κ1) is 11.9. The van der Waals surface area contributed by atoms with Gasteiger partial charge in [0.2, 0.25) is 0 Å². The number of carbonyl (C=O) groups excluding carboxylic acids is 1. The Balaban J connectivity index is 2.26. The molecule has 0 saturated carbocycles. The van der Waals surface area contributed by atoms with Gasteiger partial charge in [-0.1, -0.05) is 11.6 Å². The smallest absolute Gasteiger partial charge is 0.307 e. The molecule has 0 radical (unpaired) electrons. The number of anilines is 1. The Morgan fingerprint density at radius 1 is 1.40 bits per heavy atom. The molecule has 0 aliphatic carbocycles. The van der Waals surface area contributed by atoms with Crippen LogP contribution in [0.4, 0.5) is 5.69 Å². The van der Waals surface area contributed by atoms with Crippen molar-refractivity contribution in [3.8, 4) is 0 Å². The van der Waals surface area contributed by atoms with Gasteiger partial charge in [0, 0.05) is 17.3 Å². The third-order valence-electron chi connectivity index (χ3n) is 1.81. The van der Waals surface area contributed by atoms with Gasteiger partial charge in [-0.05, 0) is 31.2 Å². The van der Waals surface area contributed by atoms with Crippen molar-refractivity contribution >= 4 is 23.3 Å². The van der Waals surface area contributed by atoms with Crippen LogP contribution in [0.5, 0.6) is 0 Å². The highest BCUT2D eigenvalue weighted by Gasteiger charge is 2.00. The lowest BCUT2D eigenvalue weighted by molar-refractivity contribution is -0.142. The van der Waals surface area contributed by atoms with Crippen molar-refractivity contribution in [2.75, 3.05) is 18.5 Å². The zero-order valence-electron chi connectivity index (χ0n) is 8.63. The summed E-state index contributed by atoms with van der Waals surface area (Å²) < 4.78 is 4.80. The van der Waals surface area contributed by atoms with Crippen LogP contribution in [0.15, 0.2) is 24.3 Å². The second-order valence-electron chi connectivity index (χ2n) is 2.99. The van der Waals surface area contributed by atoms with E-state index in [4.69, 9.17) is 16.3 Å². The van der Waals surface area contributed by atoms with Gasteiger partial charge in [-0.3, -0.25) is 4.79 Å². The Bertz CT molecular complexity index is 311. The highest BCUT2D eigenvalue weighted by atomic mass is 35.5. The summed E-state index contributed by atoms with van der Waals surface area (Å²) in [5.74, 6) is -0.182. The Morgan fingerprint density at radius 2 is 2.07 bits per heavy atom. The Morgan fingerprint density at radius 3 is 2.67 bits per heavy atom. The maximum absolute atomic E-state index is 11.0. The monoisotopic (exact) mass is 227 g/mol. The zero-order valence-corrected chi connectivity index (χ0v) is 9.38. The summed E-state index contributed by atoms with van der Waals surface area (Å²) in [4.78, 5) is 11.0. The SMILES string of the molecule is CCOC(=O)CCNc1ccc(Cl)cc1. The quantitative estimate of drug-likeness (QED) is 0.786. The van der Waals surface area contributed by atoms with Gasteiger partial charge in [-0.2, -0.15) is 0 Å². The molecule has 1 aromatic carbocycles. The Kier molecular flexibility index (Phi) is 4.98. The van der Waals surface area contributed by atoms with Crippen LogP contribution in [0, 0.1) is 0 Å². The number of benzene rings is 1. The molecule has 1 rings (SSSR count). The third kappa shape index (κ3) is 4.70. The van der Waals surface area contributed by atoms with Crippen molar-refractivity contribution in [1.29, 1.82) is 0 Å². The highest BCUT2D eigenvalue weighted by molar-refractivity contribution is 6.30. The number of hydrogen-bond acceptors (Lipinski definition) is 3. The summed E-state index contributed by atoms with van der Waals surface area (Å²) >= 11 is 5.74. The van der Waals surface area contributed by atoms with Crippen molar-refractivity contribution in [3.63, 3.8) is 0 Å². The predicted molar refractivity (Wildman–Crippen MR) is 61.2 cm³/mol. The summed E-state index contributed by atoms with van der Waals surface area (Å²) in [7, 11) is 0. The molecule has 0 unspecified atom stereocenters. The van der Waals surface area contributed by atoms with Crippen molar-refractivity contribution in [1.82, 2.24) is 0 Å². The second kappa shape index (κ2) is 6.30. The molecule has 0 bridgehead atoms. The zero-order chi connectivity index (χ0) is 11.1. The van der Waals surface area contributed by atoms with E-state index in [0.717, 1.165) is 5.69 Å². The van der Waals surface area contributed by atoms with Gasteiger partial charge in [0.05, 0.1) is 13.0 Å². The lowest BCUT2D eigenvalue weighted by atomic mass is 10.3. The fraction of sp³-hybridized carbons (Fsp3) is 0.364. The standard InChI is InChI=1S/C11H14ClNO2/c1-2-15-11(14)7-8-13-10-5-3-9(12)4-6-10/h3-6,13H,2,7-8H2,1H3. The topological polar surface area (TPSA) is 38.3 Å². The van der Waals surface area contributed by atoms with E-state index in [1.54, 1.807) is 19.1 Å². The van der Waals surface area contributed by atoms with E-state index in [9.17, 15) is 4.79 Å². The van der Waals surface area contributed by atoms with Crippen molar-refractivity contribution in [3.05, 3.63) is 29.3 Å². The van der Waals surface area contributed by atoms with Crippen LogP contribution < -0.4 is 5.32 Å². The van der Waals surface area contributed by atoms with Gasteiger partial charge in [0.1, 0.15) is 0 Å². The average molecular weight is 228 g/mol. The molecule has 0 aliphatic rings. The first-order chi connectivity index (χ1) is 7.22. The van der Waals surface area contributed by atoms with E-state index in [0.29, 0.717) is 24.6 Å². The van der Waals surface area contributed by atoms with E-state index >= 15 is 0 Å². The molecule has 0 spiro atoms. The maximum Gasteiger partial charge on any atom is 0.307 e. The molecule has 1 N–H and O–H groups in total. The van der Waals surface area contributed by atoms with E-state index in [-0.39, 0.29) is 5.97 Å². The molecule has 0 atom stereocenters. The van der Waals surface area contributed by atoms with Crippen LogP contribution in [0.1, 0.15) is 13.3 Å². The molecule has 0 heterocycles. The van der Waals surface area contributed by atoms with Gasteiger partial charge in [-0.15, -0.1) is 0 Å². The molecular formula is C11H14ClNO2. The van der Waals surface area contributed by atoms with Gasteiger partial charge >= 0.3 is 5.97 Å². The normalized spacial score (nSPS) is 9.73. The summed E-state index contributed by atoms with van der Waals surface area (Å²) in [5, 5.41) is 3.80. The first-order valence-electron chi connectivity index (χ1n) is 4.87. The number of hydrogen-bond donors (Lipinski definition) is 1. The van der Waals surface area contributed by atoms with Crippen LogP contribution in [0.25, 0.3) is 0 Å². The Hall–Kier alpha value is -1.22. The van der Waals surface area contributed by atoms with Crippen LogP contribution in [0.3, 0.4) is 0 Å². The number of rotatable bonds is 5. The molecule has 15 heavy (non-hydrogen) atoms.